The fraction of sp³-hybridized carbons (Fsp3) is 0.457. The van der Waals surface area contributed by atoms with E-state index in [0.29, 0.717) is 46.7 Å². The van der Waals surface area contributed by atoms with E-state index in [0.717, 1.165) is 18.7 Å². The van der Waals surface area contributed by atoms with Gasteiger partial charge in [0.05, 0.1) is 6.42 Å². The number of ketones is 1. The predicted molar refractivity (Wildman–Crippen MR) is 177 cm³/mol. The Morgan fingerprint density at radius 3 is 2.38 bits per heavy atom. The van der Waals surface area contributed by atoms with Crippen LogP contribution in [0, 0.1) is 11.8 Å². The maximum Gasteiger partial charge on any atom is 0.414 e. The van der Waals surface area contributed by atoms with Gasteiger partial charge in [-0.1, -0.05) is 6.92 Å². The van der Waals surface area contributed by atoms with Gasteiger partial charge in [0.1, 0.15) is 28.6 Å². The maximum atomic E-state index is 14.2. The van der Waals surface area contributed by atoms with E-state index in [4.69, 9.17) is 13.9 Å². The second kappa shape index (κ2) is 13.5. The van der Waals surface area contributed by atoms with Crippen LogP contribution in [0.2, 0.25) is 0 Å². The van der Waals surface area contributed by atoms with Crippen molar-refractivity contribution >= 4 is 40.5 Å². The molecule has 0 aromatic carbocycles. The van der Waals surface area contributed by atoms with Crippen LogP contribution in [-0.4, -0.2) is 62.1 Å². The van der Waals surface area contributed by atoms with Crippen molar-refractivity contribution in [2.45, 2.75) is 78.9 Å². The van der Waals surface area contributed by atoms with Gasteiger partial charge in [0.2, 0.25) is 5.88 Å². The van der Waals surface area contributed by atoms with Gasteiger partial charge in [-0.05, 0) is 71.9 Å². The first-order valence-corrected chi connectivity index (χ1v) is 15.8. The van der Waals surface area contributed by atoms with Gasteiger partial charge in [0.25, 0.3) is 0 Å². The van der Waals surface area contributed by atoms with E-state index in [1.807, 2.05) is 26.8 Å². The summed E-state index contributed by atoms with van der Waals surface area (Å²) < 4.78 is 17.1. The van der Waals surface area contributed by atoms with Crippen LogP contribution in [0.4, 0.5) is 16.4 Å². The van der Waals surface area contributed by atoms with Crippen LogP contribution in [0.25, 0.3) is 22.2 Å². The quantitative estimate of drug-likeness (QED) is 0.163. The van der Waals surface area contributed by atoms with Gasteiger partial charge in [-0.25, -0.2) is 14.8 Å². The normalized spacial score (nSPS) is 17.0. The van der Waals surface area contributed by atoms with Gasteiger partial charge in [-0.2, -0.15) is 0 Å². The number of Topliss-reactive ketones (excluding diaryl/α,β-unsaturated/α-hetero) is 1. The van der Waals surface area contributed by atoms with E-state index in [1.54, 1.807) is 57.8 Å². The fourth-order valence-electron chi connectivity index (χ4n) is 5.90. The third kappa shape index (κ3) is 8.69. The lowest BCUT2D eigenvalue weighted by atomic mass is 9.87. The van der Waals surface area contributed by atoms with Crippen molar-refractivity contribution in [3.63, 3.8) is 0 Å². The van der Waals surface area contributed by atoms with Crippen molar-refractivity contribution in [2.24, 2.45) is 11.8 Å². The van der Waals surface area contributed by atoms with E-state index < -0.39 is 17.3 Å². The minimum Gasteiger partial charge on any atom is -0.460 e. The molecule has 2 atom stereocenters. The molecule has 12 heteroatoms. The zero-order valence-electron chi connectivity index (χ0n) is 28.0. The summed E-state index contributed by atoms with van der Waals surface area (Å²) in [5.74, 6) is -0.163. The van der Waals surface area contributed by atoms with E-state index >= 15 is 0 Å². The molecule has 1 fully saturated rings. The van der Waals surface area contributed by atoms with Crippen molar-refractivity contribution in [3.8, 4) is 11.1 Å². The Hall–Kier alpha value is -4.87. The lowest BCUT2D eigenvalue weighted by molar-refractivity contribution is -0.156. The summed E-state index contributed by atoms with van der Waals surface area (Å²) in [5.41, 5.74) is 2.40. The molecular weight excluding hydrogens is 600 g/mol. The molecule has 1 aliphatic rings. The zero-order chi connectivity index (χ0) is 33.9. The largest absolute Gasteiger partial charge is 0.460 e. The van der Waals surface area contributed by atoms with Crippen LogP contribution in [0.5, 0.6) is 0 Å². The number of carbonyl (C=O) groups is 3. The Bertz CT molecular complexity index is 1760. The van der Waals surface area contributed by atoms with Gasteiger partial charge < -0.3 is 18.8 Å². The van der Waals surface area contributed by atoms with Crippen LogP contribution < -0.4 is 10.2 Å². The number of anilines is 2. The second-order valence-electron chi connectivity index (χ2n) is 14.1. The zero-order valence-corrected chi connectivity index (χ0v) is 28.0. The molecule has 1 N–H and O–H groups in total. The highest BCUT2D eigenvalue weighted by Gasteiger charge is 2.31. The van der Waals surface area contributed by atoms with Crippen molar-refractivity contribution in [1.82, 2.24) is 19.9 Å². The van der Waals surface area contributed by atoms with Crippen molar-refractivity contribution in [3.05, 3.63) is 60.6 Å². The highest BCUT2D eigenvalue weighted by molar-refractivity contribution is 6.13. The summed E-state index contributed by atoms with van der Waals surface area (Å²) in [6.45, 7) is 14.4. The topological polar surface area (TPSA) is 150 Å². The number of pyridine rings is 2. The van der Waals surface area contributed by atoms with E-state index in [9.17, 15) is 14.4 Å². The Morgan fingerprint density at radius 2 is 1.68 bits per heavy atom. The van der Waals surface area contributed by atoms with Crippen molar-refractivity contribution in [1.29, 1.82) is 0 Å². The first-order valence-electron chi connectivity index (χ1n) is 15.8. The van der Waals surface area contributed by atoms with Crippen LogP contribution in [0.3, 0.4) is 0 Å². The Balaban J connectivity index is 1.44. The van der Waals surface area contributed by atoms with E-state index in [1.165, 1.54) is 6.33 Å². The molecule has 4 aromatic heterocycles. The number of nitrogens with zero attached hydrogens (tertiary/aromatic N) is 5. The summed E-state index contributed by atoms with van der Waals surface area (Å²) in [7, 11) is 0. The number of piperidine rings is 1. The first kappa shape index (κ1) is 33.5. The maximum absolute atomic E-state index is 14.2. The highest BCUT2D eigenvalue weighted by atomic mass is 16.6. The first-order chi connectivity index (χ1) is 22.1. The molecular formula is C35H42N6O6. The number of fused-ring (bicyclic) bond motifs is 1. The second-order valence-corrected chi connectivity index (χ2v) is 14.1. The van der Waals surface area contributed by atoms with Crippen LogP contribution >= 0.6 is 0 Å². The van der Waals surface area contributed by atoms with Gasteiger partial charge in [0.15, 0.2) is 11.4 Å². The molecule has 47 heavy (non-hydrogen) atoms. The molecule has 12 nitrogen and oxygen atoms in total. The minimum absolute atomic E-state index is 0.0294. The lowest BCUT2D eigenvalue weighted by Crippen LogP contribution is -2.41. The molecule has 4 aromatic rings. The summed E-state index contributed by atoms with van der Waals surface area (Å²) >= 11 is 0. The SMILES string of the molecule is C[C@@H]1C[C@H](CC(=O)OC(C)(C)C)CN(c2ccncc2CC(=O)c2c(NC(=O)OC(C)(C)C)oc3cc(-c4cncnc4)cnc23)C1. The Labute approximate surface area is 274 Å². The predicted octanol–water partition coefficient (Wildman–Crippen LogP) is 6.65. The number of furan rings is 1. The molecule has 1 aliphatic heterocycles. The number of hydrogen-bond donors (Lipinski definition) is 1. The summed E-state index contributed by atoms with van der Waals surface area (Å²) in [6.07, 6.45) is 10.1. The van der Waals surface area contributed by atoms with Gasteiger partial charge in [-0.15, -0.1) is 0 Å². The fourth-order valence-corrected chi connectivity index (χ4v) is 5.90. The van der Waals surface area contributed by atoms with Crippen LogP contribution in [0.1, 0.15) is 77.2 Å². The number of aromatic nitrogens is 4. The summed E-state index contributed by atoms with van der Waals surface area (Å²) in [4.78, 5) is 58.9. The number of rotatable bonds is 8. The molecule has 1 amide bonds. The van der Waals surface area contributed by atoms with Crippen molar-refractivity contribution < 1.29 is 28.3 Å². The van der Waals surface area contributed by atoms with Crippen LogP contribution in [-0.2, 0) is 20.7 Å². The van der Waals surface area contributed by atoms with E-state index in [-0.39, 0.29) is 35.5 Å². The number of ether oxygens (including phenoxy) is 2. The van der Waals surface area contributed by atoms with Crippen molar-refractivity contribution in [2.75, 3.05) is 23.3 Å². The smallest absolute Gasteiger partial charge is 0.414 e. The number of hydrogen-bond acceptors (Lipinski definition) is 11. The summed E-state index contributed by atoms with van der Waals surface area (Å²) in [6, 6.07) is 3.62. The number of nitrogens with one attached hydrogen (secondary N) is 1. The third-order valence-corrected chi connectivity index (χ3v) is 7.51. The number of amides is 1. The molecule has 5 heterocycles. The van der Waals surface area contributed by atoms with Gasteiger partial charge in [0, 0.05) is 72.9 Å². The van der Waals surface area contributed by atoms with Gasteiger partial charge in [-0.3, -0.25) is 24.9 Å². The molecule has 1 saturated heterocycles. The summed E-state index contributed by atoms with van der Waals surface area (Å²) in [5, 5.41) is 2.62. The molecule has 0 spiro atoms. The molecule has 5 rings (SSSR count). The third-order valence-electron chi connectivity index (χ3n) is 7.51. The standard InChI is InChI=1S/C35H42N6O6/c1-21-10-22(11-29(43)46-34(2,3)4)19-41(18-21)26-8-9-36-14-24(26)12-27(42)30-31-28(45-32(30)40-33(44)47-35(5,6)7)13-23(17-39-31)25-15-37-20-38-16-25/h8-9,13-17,20-22H,10-12,18-19H2,1-7H3,(H,40,44)/t21-,22-/m1/s1. The highest BCUT2D eigenvalue weighted by Crippen LogP contribution is 2.35. The van der Waals surface area contributed by atoms with Crippen LogP contribution in [0.15, 0.2) is 53.9 Å². The molecule has 0 bridgehead atoms. The van der Waals surface area contributed by atoms with Gasteiger partial charge >= 0.3 is 12.1 Å². The lowest BCUT2D eigenvalue weighted by Gasteiger charge is -2.38. The Morgan fingerprint density at radius 1 is 0.957 bits per heavy atom. The Kier molecular flexibility index (Phi) is 9.60. The number of carbonyl (C=O) groups excluding carboxylic acids is 3. The molecule has 0 aliphatic carbocycles. The van der Waals surface area contributed by atoms with E-state index in [2.05, 4.69) is 37.1 Å². The molecule has 248 valence electrons. The average molecular weight is 643 g/mol. The molecule has 0 unspecified atom stereocenters. The monoisotopic (exact) mass is 642 g/mol. The molecule has 0 saturated carbocycles. The number of esters is 1. The average Bonchev–Trinajstić information content (AvgIpc) is 3.32. The molecule has 0 radical (unpaired) electrons. The minimum atomic E-state index is -0.767.